The van der Waals surface area contributed by atoms with Gasteiger partial charge in [-0.2, -0.15) is 0 Å². The number of ether oxygens (including phenoxy) is 1. The fourth-order valence-corrected chi connectivity index (χ4v) is 3.66. The molecule has 6 heteroatoms. The van der Waals surface area contributed by atoms with Crippen LogP contribution in [0.5, 0.6) is 0 Å². The summed E-state index contributed by atoms with van der Waals surface area (Å²) >= 11 is 0. The van der Waals surface area contributed by atoms with Crippen molar-refractivity contribution in [1.82, 2.24) is 4.90 Å². The molecule has 0 aromatic heterocycles. The van der Waals surface area contributed by atoms with Crippen molar-refractivity contribution < 1.29 is 23.4 Å². The van der Waals surface area contributed by atoms with E-state index in [0.717, 1.165) is 11.1 Å². The van der Waals surface area contributed by atoms with Gasteiger partial charge in [0.05, 0.1) is 12.1 Å². The molecular weight excluding hydrogens is 364 g/mol. The monoisotopic (exact) mass is 389 g/mol. The lowest BCUT2D eigenvalue weighted by Crippen LogP contribution is -2.49. The largest absolute Gasteiger partial charge is 0.438 e. The van der Waals surface area contributed by atoms with Crippen molar-refractivity contribution >= 4 is 6.09 Å². The first-order chi connectivity index (χ1) is 13.3. The Kier molecular flexibility index (Phi) is 5.98. The minimum atomic E-state index is -0.902. The van der Waals surface area contributed by atoms with Crippen molar-refractivity contribution in [2.75, 3.05) is 6.54 Å². The van der Waals surface area contributed by atoms with Gasteiger partial charge in [0.25, 0.3) is 0 Å². The molecule has 1 amide bonds. The number of hydrogen-bond acceptors (Lipinski definition) is 3. The van der Waals surface area contributed by atoms with Crippen molar-refractivity contribution in [1.29, 1.82) is 0 Å². The fourth-order valence-electron chi connectivity index (χ4n) is 3.66. The van der Waals surface area contributed by atoms with Crippen LogP contribution in [0.4, 0.5) is 13.6 Å². The molecule has 2 aromatic carbocycles. The second kappa shape index (κ2) is 8.27. The van der Waals surface area contributed by atoms with E-state index in [1.165, 1.54) is 24.3 Å². The van der Waals surface area contributed by atoms with Gasteiger partial charge in [-0.25, -0.2) is 13.6 Å². The molecule has 0 spiro atoms. The first kappa shape index (κ1) is 20.3. The molecule has 0 bridgehead atoms. The number of carbonyl (C=O) groups excluding carboxylic acids is 1. The van der Waals surface area contributed by atoms with E-state index in [-0.39, 0.29) is 17.7 Å². The van der Waals surface area contributed by atoms with Crippen molar-refractivity contribution in [3.8, 4) is 0 Å². The van der Waals surface area contributed by atoms with E-state index in [4.69, 9.17) is 4.74 Å². The average Bonchev–Trinajstić information content (AvgIpc) is 2.67. The third kappa shape index (κ3) is 4.33. The van der Waals surface area contributed by atoms with E-state index in [9.17, 15) is 18.7 Å². The van der Waals surface area contributed by atoms with Gasteiger partial charge in [-0.15, -0.1) is 0 Å². The van der Waals surface area contributed by atoms with Gasteiger partial charge in [0.1, 0.15) is 17.2 Å². The molecule has 1 fully saturated rings. The number of hydrogen-bond donors (Lipinski definition) is 1. The molecule has 1 saturated heterocycles. The zero-order valence-electron chi connectivity index (χ0n) is 16.1. The molecule has 2 aromatic rings. The van der Waals surface area contributed by atoms with Crippen LogP contribution < -0.4 is 0 Å². The summed E-state index contributed by atoms with van der Waals surface area (Å²) < 4.78 is 32.5. The Hall–Kier alpha value is -2.47. The smallest absolute Gasteiger partial charge is 0.411 e. The standard InChI is InChI=1S/C22H25F2NO3/c1-15(26)11-12-22(18-5-9-20(24)10-6-18)13-14-25(21(27)28-22)16(2)17-3-7-19(23)8-4-17/h3-10,15-16,26H,11-14H2,1-2H3/t15?,16-,22+/m0/s1. The Balaban J connectivity index is 1.82. The Morgan fingerprint density at radius 3 is 2.18 bits per heavy atom. The van der Waals surface area contributed by atoms with Gasteiger partial charge in [-0.05, 0) is 62.1 Å². The summed E-state index contributed by atoms with van der Waals surface area (Å²) in [5.41, 5.74) is 0.634. The first-order valence-corrected chi connectivity index (χ1v) is 9.50. The highest BCUT2D eigenvalue weighted by atomic mass is 19.1. The summed E-state index contributed by atoms with van der Waals surface area (Å²) in [5.74, 6) is -0.686. The van der Waals surface area contributed by atoms with Gasteiger partial charge in [0, 0.05) is 13.0 Å². The summed E-state index contributed by atoms with van der Waals surface area (Å²) in [4.78, 5) is 14.5. The molecule has 0 saturated carbocycles. The van der Waals surface area contributed by atoms with Crippen molar-refractivity contribution in [3.05, 3.63) is 71.3 Å². The summed E-state index contributed by atoms with van der Waals surface area (Å²) in [6, 6.07) is 11.7. The van der Waals surface area contributed by atoms with E-state index in [0.29, 0.717) is 25.8 Å². The van der Waals surface area contributed by atoms with Crippen LogP contribution in [0.25, 0.3) is 0 Å². The van der Waals surface area contributed by atoms with Gasteiger partial charge in [-0.3, -0.25) is 0 Å². The third-order valence-corrected chi connectivity index (χ3v) is 5.43. The predicted molar refractivity (Wildman–Crippen MR) is 102 cm³/mol. The molecule has 1 aliphatic rings. The van der Waals surface area contributed by atoms with Crippen LogP contribution in [0, 0.1) is 11.6 Å². The van der Waals surface area contributed by atoms with Gasteiger partial charge < -0.3 is 14.7 Å². The zero-order chi connectivity index (χ0) is 20.3. The highest BCUT2D eigenvalue weighted by Crippen LogP contribution is 2.40. The van der Waals surface area contributed by atoms with Crippen LogP contribution in [0.15, 0.2) is 48.5 Å². The molecule has 1 aliphatic heterocycles. The number of amides is 1. The molecule has 1 N–H and O–H groups in total. The number of benzene rings is 2. The third-order valence-electron chi connectivity index (χ3n) is 5.43. The van der Waals surface area contributed by atoms with Gasteiger partial charge >= 0.3 is 6.09 Å². The maximum Gasteiger partial charge on any atom is 0.411 e. The highest BCUT2D eigenvalue weighted by molar-refractivity contribution is 5.70. The van der Waals surface area contributed by atoms with Crippen LogP contribution in [0.1, 0.15) is 50.3 Å². The number of cyclic esters (lactones) is 1. The summed E-state index contributed by atoms with van der Waals surface area (Å²) in [6.07, 6.45) is 0.409. The van der Waals surface area contributed by atoms with Gasteiger partial charge in [0.15, 0.2) is 0 Å². The normalized spacial score (nSPS) is 21.9. The first-order valence-electron chi connectivity index (χ1n) is 9.50. The van der Waals surface area contributed by atoms with Crippen molar-refractivity contribution in [2.45, 2.75) is 50.9 Å². The highest BCUT2D eigenvalue weighted by Gasteiger charge is 2.43. The van der Waals surface area contributed by atoms with Gasteiger partial charge in [-0.1, -0.05) is 24.3 Å². The van der Waals surface area contributed by atoms with Crippen molar-refractivity contribution in [2.24, 2.45) is 0 Å². The predicted octanol–water partition coefficient (Wildman–Crippen LogP) is 4.92. The number of aliphatic hydroxyl groups is 1. The van der Waals surface area contributed by atoms with Crippen LogP contribution in [0.3, 0.4) is 0 Å². The molecule has 0 radical (unpaired) electrons. The maximum absolute atomic E-state index is 13.4. The molecule has 3 atom stereocenters. The molecule has 4 nitrogen and oxygen atoms in total. The quantitative estimate of drug-likeness (QED) is 0.763. The van der Waals surface area contributed by atoms with E-state index >= 15 is 0 Å². The van der Waals surface area contributed by atoms with Crippen LogP contribution in [0.2, 0.25) is 0 Å². The number of nitrogens with zero attached hydrogens (tertiary/aromatic N) is 1. The topological polar surface area (TPSA) is 49.8 Å². The van der Waals surface area contributed by atoms with E-state index in [1.54, 1.807) is 36.1 Å². The molecule has 0 aliphatic carbocycles. The number of aliphatic hydroxyl groups excluding tert-OH is 1. The minimum Gasteiger partial charge on any atom is -0.438 e. The zero-order valence-corrected chi connectivity index (χ0v) is 16.1. The summed E-state index contributed by atoms with van der Waals surface area (Å²) in [5, 5.41) is 9.72. The van der Waals surface area contributed by atoms with E-state index in [1.807, 2.05) is 6.92 Å². The SMILES string of the molecule is CC(O)CC[C@]1(c2ccc(F)cc2)CCN([C@@H](C)c2ccc(F)cc2)C(=O)O1. The van der Waals surface area contributed by atoms with Crippen LogP contribution in [-0.2, 0) is 10.3 Å². The Morgan fingerprint density at radius 1 is 1.07 bits per heavy atom. The van der Waals surface area contributed by atoms with Crippen LogP contribution >= 0.6 is 0 Å². The molecular formula is C22H25F2NO3. The lowest BCUT2D eigenvalue weighted by Gasteiger charge is -2.44. The number of halogens is 2. The number of carbonyl (C=O) groups is 1. The molecule has 150 valence electrons. The second-order valence-corrected chi connectivity index (χ2v) is 7.43. The summed E-state index contributed by atoms with van der Waals surface area (Å²) in [7, 11) is 0. The minimum absolute atomic E-state index is 0.268. The molecule has 28 heavy (non-hydrogen) atoms. The summed E-state index contributed by atoms with van der Waals surface area (Å²) in [6.45, 7) is 4.00. The van der Waals surface area contributed by atoms with E-state index < -0.39 is 17.8 Å². The van der Waals surface area contributed by atoms with Crippen molar-refractivity contribution in [3.63, 3.8) is 0 Å². The Morgan fingerprint density at radius 2 is 1.64 bits per heavy atom. The average molecular weight is 389 g/mol. The second-order valence-electron chi connectivity index (χ2n) is 7.43. The van der Waals surface area contributed by atoms with Gasteiger partial charge in [0.2, 0.25) is 0 Å². The van der Waals surface area contributed by atoms with Crippen LogP contribution in [-0.4, -0.2) is 28.7 Å². The number of rotatable bonds is 6. The maximum atomic E-state index is 13.4. The lowest BCUT2D eigenvalue weighted by atomic mass is 9.83. The lowest BCUT2D eigenvalue weighted by molar-refractivity contribution is -0.0705. The van der Waals surface area contributed by atoms with E-state index in [2.05, 4.69) is 0 Å². The molecule has 1 heterocycles. The Bertz CT molecular complexity index is 808. The fraction of sp³-hybridized carbons (Fsp3) is 0.409. The molecule has 3 rings (SSSR count). The Labute approximate surface area is 163 Å². The molecule has 1 unspecified atom stereocenters.